The van der Waals surface area contributed by atoms with E-state index < -0.39 is 0 Å². The molecule has 4 aliphatic rings. The number of ketones is 1. The molecule has 0 N–H and O–H groups in total. The van der Waals surface area contributed by atoms with Gasteiger partial charge in [-0.3, -0.25) is 4.79 Å². The van der Waals surface area contributed by atoms with Gasteiger partial charge in [-0.2, -0.15) is 0 Å². The van der Waals surface area contributed by atoms with E-state index in [-0.39, 0.29) is 10.8 Å². The van der Waals surface area contributed by atoms with Gasteiger partial charge < -0.3 is 4.74 Å². The minimum atomic E-state index is -0.0646. The van der Waals surface area contributed by atoms with Crippen molar-refractivity contribution in [3.8, 4) is 0 Å². The van der Waals surface area contributed by atoms with Crippen molar-refractivity contribution in [2.24, 2.45) is 28.6 Å². The van der Waals surface area contributed by atoms with E-state index in [9.17, 15) is 4.79 Å². The summed E-state index contributed by atoms with van der Waals surface area (Å²) in [5.74, 6) is 2.39. The summed E-state index contributed by atoms with van der Waals surface area (Å²) in [6, 6.07) is 10.5. The van der Waals surface area contributed by atoms with Gasteiger partial charge in [-0.25, -0.2) is 0 Å². The Bertz CT molecular complexity index is 817. The van der Waals surface area contributed by atoms with Gasteiger partial charge in [-0.05, 0) is 67.3 Å². The van der Waals surface area contributed by atoms with Crippen molar-refractivity contribution < 1.29 is 9.53 Å². The van der Waals surface area contributed by atoms with E-state index in [1.165, 1.54) is 18.4 Å². The van der Waals surface area contributed by atoms with Crippen molar-refractivity contribution in [3.05, 3.63) is 47.5 Å². The van der Waals surface area contributed by atoms with Gasteiger partial charge in [0.15, 0.2) is 0 Å². The normalized spacial score (nSPS) is 43.9. The van der Waals surface area contributed by atoms with E-state index in [1.54, 1.807) is 5.57 Å². The Morgan fingerprint density at radius 1 is 1.03 bits per heavy atom. The molecule has 0 saturated heterocycles. The van der Waals surface area contributed by atoms with E-state index in [1.807, 2.05) is 0 Å². The molecule has 0 amide bonds. The zero-order valence-electron chi connectivity index (χ0n) is 17.7. The molecule has 156 valence electrons. The molecule has 5 rings (SSSR count). The summed E-state index contributed by atoms with van der Waals surface area (Å²) in [4.78, 5) is 13.1. The molecular weight excluding hydrogens is 424 g/mol. The second-order valence-electron chi connectivity index (χ2n) is 10.4. The van der Waals surface area contributed by atoms with Gasteiger partial charge in [0.1, 0.15) is 5.78 Å². The molecule has 1 aromatic rings. The van der Waals surface area contributed by atoms with E-state index in [0.717, 1.165) is 32.1 Å². The molecule has 1 aromatic carbocycles. The maximum atomic E-state index is 12.7. The van der Waals surface area contributed by atoms with Gasteiger partial charge in [-0.15, -0.1) is 0 Å². The maximum Gasteiger partial charge on any atom is 0.139 e. The van der Waals surface area contributed by atoms with Crippen LogP contribution in [0, 0.1) is 28.6 Å². The molecular formula is C26H33BrO2. The predicted molar refractivity (Wildman–Crippen MR) is 120 cm³/mol. The molecule has 3 heteroatoms. The summed E-state index contributed by atoms with van der Waals surface area (Å²) in [6.45, 7) is 5.49. The molecule has 29 heavy (non-hydrogen) atoms. The van der Waals surface area contributed by atoms with Crippen LogP contribution in [-0.4, -0.2) is 16.7 Å². The molecule has 0 aromatic heterocycles. The largest absolute Gasteiger partial charge is 0.373 e. The van der Waals surface area contributed by atoms with Crippen molar-refractivity contribution >= 4 is 21.7 Å². The molecule has 3 saturated carbocycles. The van der Waals surface area contributed by atoms with Crippen LogP contribution in [0.4, 0.5) is 0 Å². The van der Waals surface area contributed by atoms with Crippen molar-refractivity contribution in [1.29, 1.82) is 0 Å². The quantitative estimate of drug-likeness (QED) is 0.384. The zero-order valence-corrected chi connectivity index (χ0v) is 19.3. The third-order valence-corrected chi connectivity index (χ3v) is 9.96. The molecule has 0 aliphatic heterocycles. The van der Waals surface area contributed by atoms with Crippen LogP contribution in [0.5, 0.6) is 0 Å². The first-order valence-electron chi connectivity index (χ1n) is 11.5. The number of hydrogen-bond acceptors (Lipinski definition) is 2. The van der Waals surface area contributed by atoms with Crippen LogP contribution in [0.3, 0.4) is 0 Å². The Morgan fingerprint density at radius 3 is 2.55 bits per heavy atom. The lowest BCUT2D eigenvalue weighted by Gasteiger charge is -2.58. The number of carbonyl (C=O) groups is 1. The SMILES string of the molecule is C[C@]12CC[C@H](OCc3ccccc3)CC1=CC(Br)C1C2CC[C@]2(C)C(=O)CCC12. The molecule has 2 nitrogen and oxygen atoms in total. The molecule has 3 fully saturated rings. The summed E-state index contributed by atoms with van der Waals surface area (Å²) in [5, 5.41) is 0. The van der Waals surface area contributed by atoms with Crippen molar-refractivity contribution in [2.75, 3.05) is 0 Å². The fraction of sp³-hybridized carbons (Fsp3) is 0.654. The fourth-order valence-electron chi connectivity index (χ4n) is 7.27. The number of Topliss-reactive ketones (excluding diaryl/α,β-unsaturated/α-hetero) is 1. The molecule has 4 aliphatic carbocycles. The number of ether oxygens (including phenoxy) is 1. The van der Waals surface area contributed by atoms with Gasteiger partial charge in [0.05, 0.1) is 12.7 Å². The van der Waals surface area contributed by atoms with Crippen molar-refractivity contribution in [3.63, 3.8) is 0 Å². The second-order valence-corrected chi connectivity index (χ2v) is 11.5. The Balaban J connectivity index is 1.35. The Kier molecular flexibility index (Phi) is 5.06. The molecule has 0 radical (unpaired) electrons. The number of carbonyl (C=O) groups excluding carboxylic acids is 1. The highest BCUT2D eigenvalue weighted by molar-refractivity contribution is 9.09. The third kappa shape index (κ3) is 3.19. The fourth-order valence-corrected chi connectivity index (χ4v) is 8.33. The molecule has 0 bridgehead atoms. The van der Waals surface area contributed by atoms with E-state index in [4.69, 9.17) is 4.74 Å². The molecule has 4 unspecified atom stereocenters. The van der Waals surface area contributed by atoms with Crippen LogP contribution >= 0.6 is 15.9 Å². The Morgan fingerprint density at radius 2 is 1.76 bits per heavy atom. The Hall–Kier alpha value is -0.930. The minimum absolute atomic E-state index is 0.0646. The highest BCUT2D eigenvalue weighted by atomic mass is 79.9. The number of benzene rings is 1. The van der Waals surface area contributed by atoms with E-state index >= 15 is 0 Å². The molecule has 0 heterocycles. The number of halogens is 1. The minimum Gasteiger partial charge on any atom is -0.373 e. The highest BCUT2D eigenvalue weighted by Crippen LogP contribution is 2.65. The number of alkyl halides is 1. The maximum absolute atomic E-state index is 12.7. The third-order valence-electron chi connectivity index (χ3n) is 9.08. The average Bonchev–Trinajstić information content (AvgIpc) is 3.03. The van der Waals surface area contributed by atoms with Gasteiger partial charge in [0, 0.05) is 16.7 Å². The number of allylic oxidation sites excluding steroid dienone is 1. The lowest BCUT2D eigenvalue weighted by molar-refractivity contribution is -0.131. The van der Waals surface area contributed by atoms with Crippen molar-refractivity contribution in [2.45, 2.75) is 76.3 Å². The van der Waals surface area contributed by atoms with Gasteiger partial charge >= 0.3 is 0 Å². The highest BCUT2D eigenvalue weighted by Gasteiger charge is 2.60. The van der Waals surface area contributed by atoms with Gasteiger partial charge in [0.2, 0.25) is 0 Å². The number of fused-ring (bicyclic) bond motifs is 5. The standard InChI is InChI=1S/C26H33BrO2/c1-25-12-10-19(29-16-17-6-4-3-5-7-17)14-18(25)15-22(27)24-20-8-9-23(28)26(20,2)13-11-21(24)25/h3-7,15,19-22,24H,8-14,16H2,1-2H3/t19-,20?,21?,22?,24?,25-,26-/m0/s1. The number of rotatable bonds is 3. The first-order valence-corrected chi connectivity index (χ1v) is 12.4. The van der Waals surface area contributed by atoms with Crippen LogP contribution in [-0.2, 0) is 16.1 Å². The summed E-state index contributed by atoms with van der Waals surface area (Å²) in [5.41, 5.74) is 3.09. The topological polar surface area (TPSA) is 26.3 Å². The lowest BCUT2D eigenvalue weighted by Crippen LogP contribution is -2.53. The number of hydrogen-bond donors (Lipinski definition) is 0. The molecule has 0 spiro atoms. The van der Waals surface area contributed by atoms with E-state index in [2.05, 4.69) is 66.2 Å². The van der Waals surface area contributed by atoms with Crippen molar-refractivity contribution in [1.82, 2.24) is 0 Å². The van der Waals surface area contributed by atoms with Crippen LogP contribution in [0.2, 0.25) is 0 Å². The average molecular weight is 457 g/mol. The predicted octanol–water partition coefficient (Wildman–Crippen LogP) is 6.48. The van der Waals surface area contributed by atoms with Crippen LogP contribution in [0.1, 0.15) is 64.4 Å². The summed E-state index contributed by atoms with van der Waals surface area (Å²) >= 11 is 4.06. The lowest BCUT2D eigenvalue weighted by atomic mass is 9.48. The van der Waals surface area contributed by atoms with Crippen LogP contribution < -0.4 is 0 Å². The van der Waals surface area contributed by atoms with Crippen LogP contribution in [0.15, 0.2) is 42.0 Å². The summed E-state index contributed by atoms with van der Waals surface area (Å²) in [7, 11) is 0. The summed E-state index contributed by atoms with van der Waals surface area (Å²) < 4.78 is 6.33. The summed E-state index contributed by atoms with van der Waals surface area (Å²) in [6.07, 6.45) is 10.5. The molecule has 7 atom stereocenters. The van der Waals surface area contributed by atoms with Crippen LogP contribution in [0.25, 0.3) is 0 Å². The first-order chi connectivity index (χ1) is 13.9. The first kappa shape index (κ1) is 20.0. The van der Waals surface area contributed by atoms with Gasteiger partial charge in [-0.1, -0.05) is 71.8 Å². The van der Waals surface area contributed by atoms with E-state index in [0.29, 0.717) is 41.1 Å². The zero-order chi connectivity index (χ0) is 20.2. The monoisotopic (exact) mass is 456 g/mol. The van der Waals surface area contributed by atoms with Gasteiger partial charge in [0.25, 0.3) is 0 Å². The second kappa shape index (κ2) is 7.34. The smallest absolute Gasteiger partial charge is 0.139 e. The Labute approximate surface area is 183 Å².